The van der Waals surface area contributed by atoms with Gasteiger partial charge in [0.1, 0.15) is 11.5 Å². The van der Waals surface area contributed by atoms with Gasteiger partial charge < -0.3 is 20.9 Å². The van der Waals surface area contributed by atoms with Crippen molar-refractivity contribution in [3.05, 3.63) is 17.7 Å². The summed E-state index contributed by atoms with van der Waals surface area (Å²) in [5.41, 5.74) is 13.3. The highest BCUT2D eigenvalue weighted by atomic mass is 16.5. The quantitative estimate of drug-likeness (QED) is 0.656. The lowest BCUT2D eigenvalue weighted by Crippen LogP contribution is -2.21. The highest BCUT2D eigenvalue weighted by Crippen LogP contribution is 2.38. The molecular formula is C10H14N2O2. The van der Waals surface area contributed by atoms with Gasteiger partial charge >= 0.3 is 0 Å². The molecule has 1 heterocycles. The molecule has 76 valence electrons. The summed E-state index contributed by atoms with van der Waals surface area (Å²) < 4.78 is 10.6. The maximum Gasteiger partial charge on any atom is 0.147 e. The Hall–Kier alpha value is -1.42. The van der Waals surface area contributed by atoms with Crippen molar-refractivity contribution in [3.63, 3.8) is 0 Å². The molecule has 2 rings (SSSR count). The highest BCUT2D eigenvalue weighted by molar-refractivity contribution is 5.62. The molecule has 0 spiro atoms. The Morgan fingerprint density at radius 2 is 2.29 bits per heavy atom. The highest BCUT2D eigenvalue weighted by Gasteiger charge is 2.21. The van der Waals surface area contributed by atoms with Gasteiger partial charge in [-0.3, -0.25) is 0 Å². The number of hydrogen-bond acceptors (Lipinski definition) is 4. The summed E-state index contributed by atoms with van der Waals surface area (Å²) in [6.07, 6.45) is 0.819. The minimum Gasteiger partial charge on any atom is -0.497 e. The summed E-state index contributed by atoms with van der Waals surface area (Å²) in [4.78, 5) is 0. The molecule has 0 radical (unpaired) electrons. The SMILES string of the molecule is COc1cc(N)c2c(c1)[C@H](N)CCO2. The fraction of sp³-hybridized carbons (Fsp3) is 0.400. The van der Waals surface area contributed by atoms with Crippen LogP contribution in [-0.4, -0.2) is 13.7 Å². The van der Waals surface area contributed by atoms with Gasteiger partial charge in [0, 0.05) is 24.1 Å². The first-order valence-electron chi connectivity index (χ1n) is 4.58. The second-order valence-corrected chi connectivity index (χ2v) is 3.38. The smallest absolute Gasteiger partial charge is 0.147 e. The predicted octanol–water partition coefficient (Wildman–Crippen LogP) is 1.06. The Morgan fingerprint density at radius 1 is 1.50 bits per heavy atom. The van der Waals surface area contributed by atoms with Crippen molar-refractivity contribution in [1.29, 1.82) is 0 Å². The number of benzene rings is 1. The fourth-order valence-electron chi connectivity index (χ4n) is 1.65. The molecule has 0 fully saturated rings. The van der Waals surface area contributed by atoms with Crippen molar-refractivity contribution >= 4 is 5.69 Å². The van der Waals surface area contributed by atoms with Crippen LogP contribution in [0.5, 0.6) is 11.5 Å². The van der Waals surface area contributed by atoms with Crippen LogP contribution in [0, 0.1) is 0 Å². The third-order valence-electron chi connectivity index (χ3n) is 2.43. The normalized spacial score (nSPS) is 19.7. The third-order valence-corrected chi connectivity index (χ3v) is 2.43. The first-order valence-corrected chi connectivity index (χ1v) is 4.58. The summed E-state index contributed by atoms with van der Waals surface area (Å²) in [5, 5.41) is 0. The van der Waals surface area contributed by atoms with Crippen LogP contribution in [0.4, 0.5) is 5.69 Å². The van der Waals surface area contributed by atoms with E-state index in [1.807, 2.05) is 6.07 Å². The number of fused-ring (bicyclic) bond motifs is 1. The number of nitrogens with two attached hydrogens (primary N) is 2. The summed E-state index contributed by atoms with van der Waals surface area (Å²) in [7, 11) is 1.61. The molecule has 0 saturated heterocycles. The molecule has 0 saturated carbocycles. The minimum atomic E-state index is -0.00356. The third kappa shape index (κ3) is 1.37. The molecule has 14 heavy (non-hydrogen) atoms. The number of rotatable bonds is 1. The van der Waals surface area contributed by atoms with Gasteiger partial charge in [0.25, 0.3) is 0 Å². The van der Waals surface area contributed by atoms with Crippen molar-refractivity contribution in [2.75, 3.05) is 19.5 Å². The molecular weight excluding hydrogens is 180 g/mol. The molecule has 0 bridgehead atoms. The van der Waals surface area contributed by atoms with E-state index in [2.05, 4.69) is 0 Å². The summed E-state index contributed by atoms with van der Waals surface area (Å²) in [6.45, 7) is 0.630. The van der Waals surface area contributed by atoms with Crippen LogP contribution < -0.4 is 20.9 Å². The summed E-state index contributed by atoms with van der Waals surface area (Å²) in [6, 6.07) is 3.63. The molecule has 1 aliphatic heterocycles. The summed E-state index contributed by atoms with van der Waals surface area (Å²) >= 11 is 0. The average molecular weight is 194 g/mol. The first kappa shape index (κ1) is 9.15. The predicted molar refractivity (Wildman–Crippen MR) is 54.4 cm³/mol. The van der Waals surface area contributed by atoms with Gasteiger partial charge in [-0.1, -0.05) is 0 Å². The van der Waals surface area contributed by atoms with E-state index in [1.165, 1.54) is 0 Å². The zero-order valence-electron chi connectivity index (χ0n) is 8.12. The second kappa shape index (κ2) is 3.38. The number of hydrogen-bond donors (Lipinski definition) is 2. The van der Waals surface area contributed by atoms with Crippen LogP contribution in [0.2, 0.25) is 0 Å². The van der Waals surface area contributed by atoms with E-state index in [4.69, 9.17) is 20.9 Å². The summed E-state index contributed by atoms with van der Waals surface area (Å²) in [5.74, 6) is 1.44. The van der Waals surface area contributed by atoms with Gasteiger partial charge in [0.2, 0.25) is 0 Å². The average Bonchev–Trinajstić information content (AvgIpc) is 2.19. The lowest BCUT2D eigenvalue weighted by Gasteiger charge is -2.24. The van der Waals surface area contributed by atoms with Crippen LogP contribution in [0.25, 0.3) is 0 Å². The molecule has 1 atom stereocenters. The van der Waals surface area contributed by atoms with Crippen LogP contribution in [0.1, 0.15) is 18.0 Å². The fourth-order valence-corrected chi connectivity index (χ4v) is 1.65. The van der Waals surface area contributed by atoms with E-state index in [0.29, 0.717) is 18.0 Å². The zero-order valence-corrected chi connectivity index (χ0v) is 8.12. The van der Waals surface area contributed by atoms with E-state index in [-0.39, 0.29) is 6.04 Å². The van der Waals surface area contributed by atoms with Gasteiger partial charge in [-0.25, -0.2) is 0 Å². The Balaban J connectivity index is 2.51. The molecule has 4 N–H and O–H groups in total. The molecule has 0 amide bonds. The molecule has 0 aliphatic carbocycles. The van der Waals surface area contributed by atoms with Crippen molar-refractivity contribution in [2.24, 2.45) is 5.73 Å². The van der Waals surface area contributed by atoms with Crippen LogP contribution in [0.15, 0.2) is 12.1 Å². The lowest BCUT2D eigenvalue weighted by atomic mass is 10.0. The molecule has 1 aromatic rings. The molecule has 1 aromatic carbocycles. The Kier molecular flexibility index (Phi) is 2.21. The van der Waals surface area contributed by atoms with Crippen molar-refractivity contribution < 1.29 is 9.47 Å². The lowest BCUT2D eigenvalue weighted by molar-refractivity contribution is 0.269. The molecule has 1 aliphatic rings. The van der Waals surface area contributed by atoms with E-state index in [0.717, 1.165) is 17.7 Å². The minimum absolute atomic E-state index is 0.00356. The maximum atomic E-state index is 5.95. The second-order valence-electron chi connectivity index (χ2n) is 3.38. The number of anilines is 1. The van der Waals surface area contributed by atoms with Crippen molar-refractivity contribution in [3.8, 4) is 11.5 Å². The monoisotopic (exact) mass is 194 g/mol. The van der Waals surface area contributed by atoms with Crippen molar-refractivity contribution in [2.45, 2.75) is 12.5 Å². The van der Waals surface area contributed by atoms with Gasteiger partial charge in [-0.2, -0.15) is 0 Å². The van der Waals surface area contributed by atoms with E-state index < -0.39 is 0 Å². The van der Waals surface area contributed by atoms with Gasteiger partial charge in [-0.05, 0) is 6.07 Å². The molecule has 4 nitrogen and oxygen atoms in total. The number of nitrogen functional groups attached to an aromatic ring is 1. The van der Waals surface area contributed by atoms with Crippen molar-refractivity contribution in [1.82, 2.24) is 0 Å². The Morgan fingerprint density at radius 3 is 3.00 bits per heavy atom. The topological polar surface area (TPSA) is 70.5 Å². The van der Waals surface area contributed by atoms with E-state index in [9.17, 15) is 0 Å². The van der Waals surface area contributed by atoms with Crippen LogP contribution in [-0.2, 0) is 0 Å². The van der Waals surface area contributed by atoms with E-state index >= 15 is 0 Å². The van der Waals surface area contributed by atoms with E-state index in [1.54, 1.807) is 13.2 Å². The molecule has 4 heteroatoms. The Labute approximate surface area is 82.8 Å². The number of ether oxygens (including phenoxy) is 2. The standard InChI is InChI=1S/C10H14N2O2/c1-13-6-4-7-8(11)2-3-14-10(7)9(12)5-6/h4-5,8H,2-3,11-12H2,1H3/t8-/m1/s1. The molecule has 0 aromatic heterocycles. The van der Waals surface area contributed by atoms with Gasteiger partial charge in [0.05, 0.1) is 19.4 Å². The zero-order chi connectivity index (χ0) is 10.1. The Bertz CT molecular complexity index is 352. The molecule has 0 unspecified atom stereocenters. The first-order chi connectivity index (χ1) is 6.72. The van der Waals surface area contributed by atoms with Gasteiger partial charge in [-0.15, -0.1) is 0 Å². The largest absolute Gasteiger partial charge is 0.497 e. The maximum absolute atomic E-state index is 5.95. The van der Waals surface area contributed by atoms with Gasteiger partial charge in [0.15, 0.2) is 0 Å². The number of methoxy groups -OCH3 is 1. The van der Waals surface area contributed by atoms with Crippen LogP contribution >= 0.6 is 0 Å². The van der Waals surface area contributed by atoms with Crippen LogP contribution in [0.3, 0.4) is 0 Å².